The first-order valence-corrected chi connectivity index (χ1v) is 7.70. The summed E-state index contributed by atoms with van der Waals surface area (Å²) in [5.41, 5.74) is 2.42. The minimum absolute atomic E-state index is 0.0850. The largest absolute Gasteiger partial charge is 0.478 e. The summed E-state index contributed by atoms with van der Waals surface area (Å²) in [5.74, 6) is -0.153. The van der Waals surface area contributed by atoms with Crippen LogP contribution in [0.15, 0.2) is 78.9 Å². The highest BCUT2D eigenvalue weighted by Gasteiger charge is 2.15. The number of carbonyl (C=O) groups excluding carboxylic acids is 1. The fourth-order valence-corrected chi connectivity index (χ4v) is 2.44. The Labute approximate surface area is 144 Å². The van der Waals surface area contributed by atoms with Crippen LogP contribution in [0.25, 0.3) is 11.1 Å². The number of nitro groups is 1. The Bertz CT molecular complexity index is 889. The van der Waals surface area contributed by atoms with Crippen LogP contribution in [0.4, 0.5) is 5.69 Å². The van der Waals surface area contributed by atoms with Gasteiger partial charge in [-0.05, 0) is 17.2 Å². The van der Waals surface area contributed by atoms with Crippen molar-refractivity contribution in [3.05, 3.63) is 94.5 Å². The van der Waals surface area contributed by atoms with Crippen molar-refractivity contribution in [2.75, 3.05) is 6.61 Å². The minimum Gasteiger partial charge on any atom is -0.478 e. The van der Waals surface area contributed by atoms with E-state index in [4.69, 9.17) is 4.74 Å². The van der Waals surface area contributed by atoms with Crippen LogP contribution >= 0.6 is 0 Å². The lowest BCUT2D eigenvalue weighted by Crippen LogP contribution is -2.12. The second kappa shape index (κ2) is 7.40. The van der Waals surface area contributed by atoms with Crippen LogP contribution in [0.1, 0.15) is 10.4 Å². The lowest BCUT2D eigenvalue weighted by Gasteiger charge is -2.07. The van der Waals surface area contributed by atoms with Crippen LogP contribution in [0, 0.1) is 10.1 Å². The maximum absolute atomic E-state index is 12.3. The van der Waals surface area contributed by atoms with Gasteiger partial charge in [0.2, 0.25) is 0 Å². The number of ketones is 1. The predicted octanol–water partition coefficient (Wildman–Crippen LogP) is 4.52. The van der Waals surface area contributed by atoms with E-state index in [2.05, 4.69) is 0 Å². The SMILES string of the molecule is O=C(COc1ccccc1[N+](=O)[O-])c1ccc(-c2ccccc2)cc1. The summed E-state index contributed by atoms with van der Waals surface area (Å²) in [6.45, 7) is -0.254. The van der Waals surface area contributed by atoms with Gasteiger partial charge in [0.05, 0.1) is 4.92 Å². The molecular weight excluding hydrogens is 318 g/mol. The number of nitrogens with zero attached hydrogens (tertiary/aromatic N) is 1. The van der Waals surface area contributed by atoms with E-state index in [9.17, 15) is 14.9 Å². The number of carbonyl (C=O) groups is 1. The fourth-order valence-electron chi connectivity index (χ4n) is 2.44. The van der Waals surface area contributed by atoms with E-state index in [1.807, 2.05) is 42.5 Å². The van der Waals surface area contributed by atoms with Gasteiger partial charge in [-0.25, -0.2) is 0 Å². The topological polar surface area (TPSA) is 69.4 Å². The molecular formula is C20H15NO4. The maximum atomic E-state index is 12.3. The number of benzene rings is 3. The zero-order chi connectivity index (χ0) is 17.6. The van der Waals surface area contributed by atoms with Crippen molar-refractivity contribution in [3.8, 4) is 16.9 Å². The number of hydrogen-bond donors (Lipinski definition) is 0. The Morgan fingerprint density at radius 1 is 0.840 bits per heavy atom. The summed E-state index contributed by atoms with van der Waals surface area (Å²) in [6.07, 6.45) is 0. The first-order chi connectivity index (χ1) is 12.1. The second-order valence-electron chi connectivity index (χ2n) is 5.38. The Balaban J connectivity index is 1.69. The van der Waals surface area contributed by atoms with Gasteiger partial charge in [-0.3, -0.25) is 14.9 Å². The zero-order valence-electron chi connectivity index (χ0n) is 13.3. The summed E-state index contributed by atoms with van der Waals surface area (Å²) >= 11 is 0. The van der Waals surface area contributed by atoms with Crippen LogP contribution in [-0.2, 0) is 0 Å². The van der Waals surface area contributed by atoms with Crippen LogP contribution in [-0.4, -0.2) is 17.3 Å². The Morgan fingerprint density at radius 2 is 1.44 bits per heavy atom. The molecule has 5 heteroatoms. The molecule has 0 saturated carbocycles. The van der Waals surface area contributed by atoms with Crippen molar-refractivity contribution in [3.63, 3.8) is 0 Å². The van der Waals surface area contributed by atoms with Gasteiger partial charge < -0.3 is 4.74 Å². The smallest absolute Gasteiger partial charge is 0.310 e. The predicted molar refractivity (Wildman–Crippen MR) is 94.8 cm³/mol. The van der Waals surface area contributed by atoms with Gasteiger partial charge in [-0.15, -0.1) is 0 Å². The third-order valence-electron chi connectivity index (χ3n) is 3.73. The number of Topliss-reactive ketones (excluding diaryl/α,β-unsaturated/α-hetero) is 1. The summed E-state index contributed by atoms with van der Waals surface area (Å²) < 4.78 is 5.34. The second-order valence-corrected chi connectivity index (χ2v) is 5.38. The molecule has 0 fully saturated rings. The van der Waals surface area contributed by atoms with Crippen molar-refractivity contribution >= 4 is 11.5 Å². The number of rotatable bonds is 6. The van der Waals surface area contributed by atoms with Crippen LogP contribution < -0.4 is 4.74 Å². The van der Waals surface area contributed by atoms with Gasteiger partial charge in [0.1, 0.15) is 0 Å². The lowest BCUT2D eigenvalue weighted by atomic mass is 10.0. The molecule has 3 rings (SSSR count). The quantitative estimate of drug-likeness (QED) is 0.378. The van der Waals surface area contributed by atoms with E-state index < -0.39 is 4.92 Å². The maximum Gasteiger partial charge on any atom is 0.310 e. The highest BCUT2D eigenvalue weighted by Crippen LogP contribution is 2.26. The van der Waals surface area contributed by atoms with E-state index in [0.717, 1.165) is 11.1 Å². The lowest BCUT2D eigenvalue weighted by molar-refractivity contribution is -0.385. The highest BCUT2D eigenvalue weighted by atomic mass is 16.6. The van der Waals surface area contributed by atoms with E-state index in [0.29, 0.717) is 5.56 Å². The third-order valence-corrected chi connectivity index (χ3v) is 3.73. The average molecular weight is 333 g/mol. The third kappa shape index (κ3) is 3.90. The van der Waals surface area contributed by atoms with E-state index >= 15 is 0 Å². The van der Waals surface area contributed by atoms with Crippen molar-refractivity contribution in [2.45, 2.75) is 0 Å². The van der Waals surface area contributed by atoms with Gasteiger partial charge in [-0.2, -0.15) is 0 Å². The molecule has 0 aliphatic rings. The molecule has 0 radical (unpaired) electrons. The van der Waals surface area contributed by atoms with Gasteiger partial charge >= 0.3 is 5.69 Å². The number of para-hydroxylation sites is 2. The van der Waals surface area contributed by atoms with Crippen LogP contribution in [0.5, 0.6) is 5.75 Å². The van der Waals surface area contributed by atoms with Crippen molar-refractivity contribution in [1.29, 1.82) is 0 Å². The summed E-state index contributed by atoms with van der Waals surface area (Å²) in [7, 11) is 0. The fraction of sp³-hybridized carbons (Fsp3) is 0.0500. The molecule has 0 heterocycles. The molecule has 0 N–H and O–H groups in total. The molecule has 124 valence electrons. The molecule has 3 aromatic rings. The molecule has 0 amide bonds. The first-order valence-electron chi connectivity index (χ1n) is 7.70. The molecule has 5 nitrogen and oxygen atoms in total. The Morgan fingerprint density at radius 3 is 2.12 bits per heavy atom. The average Bonchev–Trinajstić information content (AvgIpc) is 2.67. The molecule has 3 aromatic carbocycles. The van der Waals surface area contributed by atoms with Gasteiger partial charge in [0.25, 0.3) is 0 Å². The molecule has 0 aliphatic heterocycles. The molecule has 0 unspecified atom stereocenters. The molecule has 0 aromatic heterocycles. The molecule has 0 bridgehead atoms. The Hall–Kier alpha value is -3.47. The van der Waals surface area contributed by atoms with Gasteiger partial charge in [-0.1, -0.05) is 66.7 Å². The van der Waals surface area contributed by atoms with Crippen molar-refractivity contribution in [2.24, 2.45) is 0 Å². The first kappa shape index (κ1) is 16.4. The zero-order valence-corrected chi connectivity index (χ0v) is 13.3. The van der Waals surface area contributed by atoms with Crippen molar-refractivity contribution < 1.29 is 14.5 Å². The van der Waals surface area contributed by atoms with E-state index in [1.54, 1.807) is 24.3 Å². The van der Waals surface area contributed by atoms with Crippen LogP contribution in [0.3, 0.4) is 0 Å². The van der Waals surface area contributed by atoms with Gasteiger partial charge in [0.15, 0.2) is 18.1 Å². The van der Waals surface area contributed by atoms with Gasteiger partial charge in [0, 0.05) is 11.6 Å². The summed E-state index contributed by atoms with van der Waals surface area (Å²) in [5, 5.41) is 10.9. The van der Waals surface area contributed by atoms with Crippen LogP contribution in [0.2, 0.25) is 0 Å². The number of ether oxygens (including phenoxy) is 1. The standard InChI is InChI=1S/C20H15NO4/c22-19(14-25-20-9-5-4-8-18(20)21(23)24)17-12-10-16(11-13-17)15-6-2-1-3-7-15/h1-13H,14H2. The van der Waals surface area contributed by atoms with E-state index in [1.165, 1.54) is 12.1 Å². The summed E-state index contributed by atoms with van der Waals surface area (Å²) in [4.78, 5) is 22.7. The molecule has 25 heavy (non-hydrogen) atoms. The monoisotopic (exact) mass is 333 g/mol. The highest BCUT2D eigenvalue weighted by molar-refractivity contribution is 5.97. The molecule has 0 atom stereocenters. The molecule has 0 spiro atoms. The Kier molecular flexibility index (Phi) is 4.85. The number of nitro benzene ring substituents is 1. The van der Waals surface area contributed by atoms with E-state index in [-0.39, 0.29) is 23.8 Å². The van der Waals surface area contributed by atoms with Crippen molar-refractivity contribution in [1.82, 2.24) is 0 Å². The minimum atomic E-state index is -0.533. The molecule has 0 aliphatic carbocycles. The molecule has 0 saturated heterocycles. The summed E-state index contributed by atoms with van der Waals surface area (Å²) in [6, 6.07) is 23.0. The number of hydrogen-bond acceptors (Lipinski definition) is 4. The normalized spacial score (nSPS) is 10.2.